The van der Waals surface area contributed by atoms with E-state index in [1.165, 1.54) is 5.56 Å². The van der Waals surface area contributed by atoms with Gasteiger partial charge in [-0.15, -0.1) is 5.10 Å². The van der Waals surface area contributed by atoms with Crippen molar-refractivity contribution in [2.24, 2.45) is 0 Å². The summed E-state index contributed by atoms with van der Waals surface area (Å²) in [4.78, 5) is 4.51. The molecule has 0 aliphatic heterocycles. The molecule has 0 unspecified atom stereocenters. The van der Waals surface area contributed by atoms with E-state index in [4.69, 9.17) is 9.47 Å². The largest absolute Gasteiger partial charge is 0.493 e. The number of rotatable bonds is 7. The number of benzene rings is 2. The highest BCUT2D eigenvalue weighted by atomic mass is 16.5. The number of anilines is 4. The summed E-state index contributed by atoms with van der Waals surface area (Å²) in [5.41, 5.74) is 4.17. The first-order chi connectivity index (χ1) is 13.1. The predicted molar refractivity (Wildman–Crippen MR) is 106 cm³/mol. The maximum atomic E-state index is 5.33. The van der Waals surface area contributed by atoms with Gasteiger partial charge in [0.05, 0.1) is 20.4 Å². The molecule has 2 aromatic carbocycles. The van der Waals surface area contributed by atoms with E-state index in [1.54, 1.807) is 20.4 Å². The van der Waals surface area contributed by atoms with Gasteiger partial charge in [0.1, 0.15) is 0 Å². The maximum absolute atomic E-state index is 5.33. The Morgan fingerprint density at radius 1 is 1.00 bits per heavy atom. The van der Waals surface area contributed by atoms with Crippen LogP contribution >= 0.6 is 0 Å². The fourth-order valence-corrected chi connectivity index (χ4v) is 2.79. The van der Waals surface area contributed by atoms with Gasteiger partial charge in [0.25, 0.3) is 0 Å². The van der Waals surface area contributed by atoms with Gasteiger partial charge in [0.15, 0.2) is 17.3 Å². The average molecular weight is 365 g/mol. The summed E-state index contributed by atoms with van der Waals surface area (Å²) in [6.07, 6.45) is 2.49. The minimum atomic E-state index is 0.435. The number of nitrogens with one attached hydrogen (secondary N) is 2. The minimum Gasteiger partial charge on any atom is -0.493 e. The molecule has 27 heavy (non-hydrogen) atoms. The van der Waals surface area contributed by atoms with Gasteiger partial charge in [-0.2, -0.15) is 10.1 Å². The number of methoxy groups -OCH3 is 2. The summed E-state index contributed by atoms with van der Waals surface area (Å²) in [6.45, 7) is 4.18. The van der Waals surface area contributed by atoms with Crippen LogP contribution in [0.15, 0.2) is 42.6 Å². The summed E-state index contributed by atoms with van der Waals surface area (Å²) >= 11 is 0. The zero-order valence-electron chi connectivity index (χ0n) is 15.9. The summed E-state index contributed by atoms with van der Waals surface area (Å²) in [6, 6.07) is 11.7. The Bertz CT molecular complexity index is 930. The van der Waals surface area contributed by atoms with Crippen LogP contribution in [0.4, 0.5) is 23.1 Å². The van der Waals surface area contributed by atoms with Crippen molar-refractivity contribution < 1.29 is 9.47 Å². The lowest BCUT2D eigenvalue weighted by Gasteiger charge is -2.13. The van der Waals surface area contributed by atoms with Gasteiger partial charge in [0.2, 0.25) is 5.95 Å². The average Bonchev–Trinajstić information content (AvgIpc) is 2.69. The summed E-state index contributed by atoms with van der Waals surface area (Å²) < 4.78 is 10.6. The first-order valence-electron chi connectivity index (χ1n) is 8.69. The Hall–Kier alpha value is -3.35. The number of para-hydroxylation sites is 1. The minimum absolute atomic E-state index is 0.435. The molecule has 0 aliphatic rings. The number of hydrogen-bond acceptors (Lipinski definition) is 7. The Kier molecular flexibility index (Phi) is 5.71. The Labute approximate surface area is 158 Å². The Balaban J connectivity index is 1.83. The van der Waals surface area contributed by atoms with E-state index in [0.29, 0.717) is 23.3 Å². The van der Waals surface area contributed by atoms with Crippen molar-refractivity contribution in [3.8, 4) is 11.5 Å². The van der Waals surface area contributed by atoms with Crippen molar-refractivity contribution in [3.63, 3.8) is 0 Å². The standard InChI is InChI=1S/C20H23N5O2/c1-5-14-8-6-7-13(2)19(14)24-20-23-18(12-21-25-20)22-15-9-10-16(26-3)17(11-15)27-4/h6-12H,5H2,1-4H3,(H2,22,23,24,25). The molecule has 7 heteroatoms. The molecule has 2 N–H and O–H groups in total. The van der Waals surface area contributed by atoms with E-state index < -0.39 is 0 Å². The normalized spacial score (nSPS) is 10.4. The summed E-state index contributed by atoms with van der Waals surface area (Å²) in [7, 11) is 3.21. The second-order valence-electron chi connectivity index (χ2n) is 5.95. The lowest BCUT2D eigenvalue weighted by Crippen LogP contribution is -2.05. The molecule has 1 heterocycles. The fourth-order valence-electron chi connectivity index (χ4n) is 2.79. The van der Waals surface area contributed by atoms with Gasteiger partial charge in [-0.3, -0.25) is 0 Å². The van der Waals surface area contributed by atoms with E-state index in [0.717, 1.165) is 23.4 Å². The first-order valence-corrected chi connectivity index (χ1v) is 8.69. The van der Waals surface area contributed by atoms with E-state index in [2.05, 4.69) is 51.8 Å². The molecule has 0 amide bonds. The van der Waals surface area contributed by atoms with Crippen molar-refractivity contribution in [3.05, 3.63) is 53.7 Å². The molecule has 0 bridgehead atoms. The van der Waals surface area contributed by atoms with Crippen molar-refractivity contribution >= 4 is 23.1 Å². The molecule has 0 saturated carbocycles. The third-order valence-corrected chi connectivity index (χ3v) is 4.19. The van der Waals surface area contributed by atoms with E-state index >= 15 is 0 Å². The quantitative estimate of drug-likeness (QED) is 0.648. The predicted octanol–water partition coefficient (Wildman–Crippen LogP) is 4.25. The highest BCUT2D eigenvalue weighted by Crippen LogP contribution is 2.31. The number of nitrogens with zero attached hydrogens (tertiary/aromatic N) is 3. The van der Waals surface area contributed by atoms with Crippen molar-refractivity contribution in [1.82, 2.24) is 15.2 Å². The molecule has 0 atom stereocenters. The van der Waals surface area contributed by atoms with Gasteiger partial charge in [-0.1, -0.05) is 25.1 Å². The molecule has 0 fully saturated rings. The third kappa shape index (κ3) is 4.25. The molecule has 3 rings (SSSR count). The van der Waals surface area contributed by atoms with Crippen LogP contribution < -0.4 is 20.1 Å². The van der Waals surface area contributed by atoms with Gasteiger partial charge >= 0.3 is 0 Å². The van der Waals surface area contributed by atoms with Crippen molar-refractivity contribution in [2.45, 2.75) is 20.3 Å². The molecule has 7 nitrogen and oxygen atoms in total. The van der Waals surface area contributed by atoms with Crippen LogP contribution in [0.2, 0.25) is 0 Å². The van der Waals surface area contributed by atoms with Crippen LogP contribution in [-0.2, 0) is 6.42 Å². The molecule has 1 aromatic heterocycles. The zero-order valence-corrected chi connectivity index (χ0v) is 15.9. The first kappa shape index (κ1) is 18.4. The van der Waals surface area contributed by atoms with Crippen molar-refractivity contribution in [1.29, 1.82) is 0 Å². The fraction of sp³-hybridized carbons (Fsp3) is 0.250. The second kappa shape index (κ2) is 8.35. The SMILES string of the molecule is CCc1cccc(C)c1Nc1nncc(Nc2ccc(OC)c(OC)c2)n1. The second-order valence-corrected chi connectivity index (χ2v) is 5.95. The number of aromatic nitrogens is 3. The van der Waals surface area contributed by atoms with Crippen molar-refractivity contribution in [2.75, 3.05) is 24.9 Å². The van der Waals surface area contributed by atoms with E-state index in [-0.39, 0.29) is 0 Å². The molecular formula is C20H23N5O2. The number of aryl methyl sites for hydroxylation is 2. The van der Waals surface area contributed by atoms with Crippen LogP contribution in [0.1, 0.15) is 18.1 Å². The molecule has 0 spiro atoms. The van der Waals surface area contributed by atoms with Gasteiger partial charge in [-0.25, -0.2) is 0 Å². The molecule has 3 aromatic rings. The summed E-state index contributed by atoms with van der Waals surface area (Å²) in [5.74, 6) is 2.31. The molecule has 140 valence electrons. The van der Waals surface area contributed by atoms with E-state index in [9.17, 15) is 0 Å². The van der Waals surface area contributed by atoms with Crippen LogP contribution in [0.5, 0.6) is 11.5 Å². The lowest BCUT2D eigenvalue weighted by molar-refractivity contribution is 0.355. The number of ether oxygens (including phenoxy) is 2. The molecule has 0 aliphatic carbocycles. The topological polar surface area (TPSA) is 81.2 Å². The molecule has 0 saturated heterocycles. The zero-order chi connectivity index (χ0) is 19.2. The monoisotopic (exact) mass is 365 g/mol. The Morgan fingerprint density at radius 3 is 2.56 bits per heavy atom. The molecular weight excluding hydrogens is 342 g/mol. The Morgan fingerprint density at radius 2 is 1.81 bits per heavy atom. The number of hydrogen-bond donors (Lipinski definition) is 2. The third-order valence-electron chi connectivity index (χ3n) is 4.19. The van der Waals surface area contributed by atoms with E-state index in [1.807, 2.05) is 24.3 Å². The molecule has 0 radical (unpaired) electrons. The van der Waals surface area contributed by atoms with Crippen LogP contribution in [-0.4, -0.2) is 29.4 Å². The lowest BCUT2D eigenvalue weighted by atomic mass is 10.1. The van der Waals surface area contributed by atoms with Crippen LogP contribution in [0.25, 0.3) is 0 Å². The van der Waals surface area contributed by atoms with Gasteiger partial charge in [0, 0.05) is 17.4 Å². The van der Waals surface area contributed by atoms with Crippen LogP contribution in [0, 0.1) is 6.92 Å². The summed E-state index contributed by atoms with van der Waals surface area (Å²) in [5, 5.41) is 14.6. The highest BCUT2D eigenvalue weighted by Gasteiger charge is 2.09. The van der Waals surface area contributed by atoms with Crippen LogP contribution in [0.3, 0.4) is 0 Å². The highest BCUT2D eigenvalue weighted by molar-refractivity contribution is 5.65. The van der Waals surface area contributed by atoms with Gasteiger partial charge in [-0.05, 0) is 36.6 Å². The maximum Gasteiger partial charge on any atom is 0.249 e. The smallest absolute Gasteiger partial charge is 0.249 e. The van der Waals surface area contributed by atoms with Gasteiger partial charge < -0.3 is 20.1 Å².